The van der Waals surface area contributed by atoms with Crippen LogP contribution in [0.1, 0.15) is 12.1 Å². The average Bonchev–Trinajstić information content (AvgIpc) is 3.09. The summed E-state index contributed by atoms with van der Waals surface area (Å²) >= 11 is 5.28. The van der Waals surface area contributed by atoms with E-state index in [1.54, 1.807) is 7.05 Å². The van der Waals surface area contributed by atoms with Crippen molar-refractivity contribution in [3.05, 3.63) is 50.5 Å². The fourth-order valence-corrected chi connectivity index (χ4v) is 3.18. The number of H-pyrrole nitrogens is 1. The van der Waals surface area contributed by atoms with Gasteiger partial charge in [0.15, 0.2) is 12.2 Å². The van der Waals surface area contributed by atoms with Crippen LogP contribution < -0.4 is 15.6 Å². The monoisotopic (exact) mass is 421 g/mol. The predicted molar refractivity (Wildman–Crippen MR) is 102 cm³/mol. The van der Waals surface area contributed by atoms with Gasteiger partial charge in [0.2, 0.25) is 5.91 Å². The summed E-state index contributed by atoms with van der Waals surface area (Å²) in [4.78, 5) is 49.7. The number of aryl methyl sites for hydroxylation is 1. The predicted octanol–water partition coefficient (Wildman–Crippen LogP) is -0.343. The molecule has 1 aromatic heterocycles. The molecule has 1 fully saturated rings. The van der Waals surface area contributed by atoms with Crippen molar-refractivity contribution in [1.82, 2.24) is 15.1 Å². The van der Waals surface area contributed by atoms with E-state index in [1.165, 1.54) is 45.8 Å². The highest BCUT2D eigenvalue weighted by Crippen LogP contribution is 2.22. The fraction of sp³-hybridized carbons (Fsp3) is 0.312. The summed E-state index contributed by atoms with van der Waals surface area (Å²) in [6.45, 7) is -0.0211. The molecule has 152 valence electrons. The first-order chi connectivity index (χ1) is 13.7. The molecule has 29 heavy (non-hydrogen) atoms. The molecule has 1 unspecified atom stereocenters. The largest absolute Gasteiger partial charge is 0.431 e. The molecule has 2 aromatic rings. The minimum Gasteiger partial charge on any atom is -0.326 e. The van der Waals surface area contributed by atoms with Gasteiger partial charge < -0.3 is 10.2 Å². The fourth-order valence-electron chi connectivity index (χ4n) is 2.90. The van der Waals surface area contributed by atoms with Gasteiger partial charge in [-0.15, -0.1) is 0 Å². The highest BCUT2D eigenvalue weighted by molar-refractivity contribution is 7.80. The maximum absolute atomic E-state index is 12.6. The van der Waals surface area contributed by atoms with Gasteiger partial charge in [-0.1, -0.05) is 4.68 Å². The number of rotatable bonds is 6. The molecule has 2 heterocycles. The summed E-state index contributed by atoms with van der Waals surface area (Å²) in [7, 11) is 3.06. The molecular formula is C16H17N6O6S+. The molecule has 0 bridgehead atoms. The quantitative estimate of drug-likeness (QED) is 0.279. The zero-order chi connectivity index (χ0) is 21.3. The van der Waals surface area contributed by atoms with Crippen LogP contribution in [0, 0.1) is 10.1 Å². The third-order valence-electron chi connectivity index (χ3n) is 4.50. The van der Waals surface area contributed by atoms with Crippen LogP contribution in [-0.4, -0.2) is 50.0 Å². The lowest BCUT2D eigenvalue weighted by atomic mass is 10.1. The molecule has 2 amide bonds. The third-order valence-corrected chi connectivity index (χ3v) is 5.01. The number of non-ortho nitro benzene ring substituents is 1. The number of hydrogen-bond donors (Lipinski definition) is 2. The van der Waals surface area contributed by atoms with Gasteiger partial charge in [-0.25, -0.2) is 4.79 Å². The van der Waals surface area contributed by atoms with Crippen molar-refractivity contribution in [2.24, 2.45) is 7.05 Å². The second kappa shape index (κ2) is 7.79. The average molecular weight is 421 g/mol. The Labute approximate surface area is 168 Å². The molecule has 13 heteroatoms. The zero-order valence-electron chi connectivity index (χ0n) is 15.4. The highest BCUT2D eigenvalue weighted by Gasteiger charge is 2.43. The number of aromatic amines is 1. The number of amides is 2. The van der Waals surface area contributed by atoms with Crippen molar-refractivity contribution in [3.63, 3.8) is 0 Å². The van der Waals surface area contributed by atoms with Crippen LogP contribution in [0.5, 0.6) is 0 Å². The first kappa shape index (κ1) is 20.1. The summed E-state index contributed by atoms with van der Waals surface area (Å²) in [5.74, 6) is -0.859. The molecule has 2 N–H and O–H groups in total. The van der Waals surface area contributed by atoms with Gasteiger partial charge in [-0.05, 0) is 29.6 Å². The molecule has 1 aromatic carbocycles. The second-order valence-corrected chi connectivity index (χ2v) is 6.73. The summed E-state index contributed by atoms with van der Waals surface area (Å²) in [5, 5.41) is 15.9. The summed E-state index contributed by atoms with van der Waals surface area (Å²) in [6.07, 6.45) is -0.222. The van der Waals surface area contributed by atoms with E-state index in [-0.39, 0.29) is 35.4 Å². The van der Waals surface area contributed by atoms with E-state index in [1.807, 2.05) is 0 Å². The van der Waals surface area contributed by atoms with Gasteiger partial charge >= 0.3 is 11.3 Å². The summed E-state index contributed by atoms with van der Waals surface area (Å²) in [6, 6.07) is 4.41. The number of likely N-dealkylation sites (N-methyl/N-ethyl adjacent to an activating group) is 1. The number of aromatic nitrogens is 2. The van der Waals surface area contributed by atoms with Crippen LogP contribution in [-0.2, 0) is 23.2 Å². The van der Waals surface area contributed by atoms with Gasteiger partial charge in [0.1, 0.15) is 12.6 Å². The molecule has 0 spiro atoms. The number of anilines is 1. The standard InChI is InChI=1S/C16H16N6O6S/c1-19-14(24)11(21(16(19)29)8-12-15(25)28-18-20(12)2)7-13(23)17-9-3-5-10(6-4-9)22(26)27/h3-6,11H,7-8H2,1-2H3,(H-,17,18,23,25)/p+1. The van der Waals surface area contributed by atoms with Crippen LogP contribution in [0.25, 0.3) is 0 Å². The maximum atomic E-state index is 12.6. The summed E-state index contributed by atoms with van der Waals surface area (Å²) in [5.41, 5.74) is -0.126. The number of nitro groups is 1. The maximum Gasteiger partial charge on any atom is 0.431 e. The second-order valence-electron chi connectivity index (χ2n) is 6.37. The molecule has 1 aliphatic heterocycles. The van der Waals surface area contributed by atoms with Crippen LogP contribution >= 0.6 is 12.2 Å². The number of hydrogen-bond acceptors (Lipinski definition) is 7. The lowest BCUT2D eigenvalue weighted by molar-refractivity contribution is -0.746. The van der Waals surface area contributed by atoms with Crippen molar-refractivity contribution in [1.29, 1.82) is 0 Å². The Morgan fingerprint density at radius 2 is 2.03 bits per heavy atom. The van der Waals surface area contributed by atoms with E-state index >= 15 is 0 Å². The number of carbonyl (C=O) groups excluding carboxylic acids is 2. The van der Waals surface area contributed by atoms with Crippen LogP contribution in [0.15, 0.2) is 33.6 Å². The van der Waals surface area contributed by atoms with E-state index in [0.717, 1.165) is 0 Å². The molecule has 0 radical (unpaired) electrons. The minimum absolute atomic E-state index is 0.0211. The Balaban J connectivity index is 1.75. The Kier molecular flexibility index (Phi) is 5.41. The Hall–Kier alpha value is -3.61. The Morgan fingerprint density at radius 1 is 1.38 bits per heavy atom. The normalized spacial score (nSPS) is 16.4. The Morgan fingerprint density at radius 3 is 2.59 bits per heavy atom. The number of thiocarbonyl (C=S) groups is 1. The zero-order valence-corrected chi connectivity index (χ0v) is 16.3. The van der Waals surface area contributed by atoms with E-state index < -0.39 is 22.5 Å². The highest BCUT2D eigenvalue weighted by atomic mass is 32.1. The van der Waals surface area contributed by atoms with Crippen LogP contribution in [0.3, 0.4) is 0 Å². The van der Waals surface area contributed by atoms with E-state index in [0.29, 0.717) is 5.69 Å². The molecule has 1 atom stereocenters. The van der Waals surface area contributed by atoms with Crippen molar-refractivity contribution >= 4 is 40.5 Å². The molecular weight excluding hydrogens is 404 g/mol. The lowest BCUT2D eigenvalue weighted by Gasteiger charge is -2.20. The van der Waals surface area contributed by atoms with Gasteiger partial charge in [-0.2, -0.15) is 0 Å². The SMILES string of the molecule is CN1C(=O)C(CC(=O)Nc2ccc([N+](=O)[O-])cc2)N(Cc2c(=O)o[nH][n+]2C)C1=S. The molecule has 0 saturated carbocycles. The van der Waals surface area contributed by atoms with Crippen LogP contribution in [0.2, 0.25) is 0 Å². The number of nitrogens with zero attached hydrogens (tertiary/aromatic N) is 4. The van der Waals surface area contributed by atoms with Crippen molar-refractivity contribution in [3.8, 4) is 0 Å². The number of benzene rings is 1. The molecule has 0 aliphatic carbocycles. The smallest absolute Gasteiger partial charge is 0.326 e. The van der Waals surface area contributed by atoms with Gasteiger partial charge in [0, 0.05) is 24.9 Å². The van der Waals surface area contributed by atoms with Crippen molar-refractivity contribution < 1.29 is 23.7 Å². The van der Waals surface area contributed by atoms with Crippen LogP contribution in [0.4, 0.5) is 11.4 Å². The molecule has 1 saturated heterocycles. The van der Waals surface area contributed by atoms with Gasteiger partial charge in [0.05, 0.1) is 11.3 Å². The van der Waals surface area contributed by atoms with E-state index in [4.69, 9.17) is 16.7 Å². The first-order valence-electron chi connectivity index (χ1n) is 8.38. The molecule has 3 rings (SSSR count). The van der Waals surface area contributed by atoms with Gasteiger partial charge in [-0.3, -0.25) is 29.1 Å². The Bertz CT molecular complexity index is 1040. The first-order valence-corrected chi connectivity index (χ1v) is 8.78. The third kappa shape index (κ3) is 3.99. The number of nitrogens with one attached hydrogen (secondary N) is 2. The molecule has 1 aliphatic rings. The van der Waals surface area contributed by atoms with Crippen molar-refractivity contribution in [2.75, 3.05) is 12.4 Å². The number of nitro benzene ring substituents is 1. The van der Waals surface area contributed by atoms with E-state index in [2.05, 4.69) is 10.6 Å². The van der Waals surface area contributed by atoms with E-state index in [9.17, 15) is 24.5 Å². The number of carbonyl (C=O) groups is 2. The summed E-state index contributed by atoms with van der Waals surface area (Å²) < 4.78 is 6.07. The minimum atomic E-state index is -0.903. The van der Waals surface area contributed by atoms with Crippen molar-refractivity contribution in [2.45, 2.75) is 19.0 Å². The van der Waals surface area contributed by atoms with Gasteiger partial charge in [0.25, 0.3) is 11.6 Å². The topological polar surface area (TPSA) is 146 Å². The molecule has 12 nitrogen and oxygen atoms in total. The lowest BCUT2D eigenvalue weighted by Crippen LogP contribution is -2.44.